The number of H-pyrrole nitrogens is 1. The first-order valence-corrected chi connectivity index (χ1v) is 7.47. The molecule has 2 nitrogen and oxygen atoms in total. The van der Waals surface area contributed by atoms with Crippen LogP contribution >= 0.6 is 11.3 Å². The molecule has 1 aliphatic rings. The van der Waals surface area contributed by atoms with Crippen LogP contribution in [0.2, 0.25) is 0 Å². The molecule has 0 saturated heterocycles. The van der Waals surface area contributed by atoms with Gasteiger partial charge in [-0.3, -0.25) is 4.79 Å². The van der Waals surface area contributed by atoms with Crippen molar-refractivity contribution in [2.24, 2.45) is 0 Å². The van der Waals surface area contributed by atoms with Crippen LogP contribution in [0, 0.1) is 0 Å². The van der Waals surface area contributed by atoms with Crippen molar-refractivity contribution in [3.05, 3.63) is 46.3 Å². The summed E-state index contributed by atoms with van der Waals surface area (Å²) >= 11 is 1.71. The second kappa shape index (κ2) is 4.07. The molecule has 94 valence electrons. The number of Topliss-reactive ketones (excluding diaryl/α,β-unsaturated/α-hetero) is 1. The maximum Gasteiger partial charge on any atom is 0.179 e. The lowest BCUT2D eigenvalue weighted by Crippen LogP contribution is -2.09. The first kappa shape index (κ1) is 11.0. The van der Waals surface area contributed by atoms with Crippen molar-refractivity contribution < 1.29 is 4.79 Å². The predicted octanol–water partition coefficient (Wildman–Crippen LogP) is 4.42. The zero-order valence-electron chi connectivity index (χ0n) is 10.4. The van der Waals surface area contributed by atoms with Gasteiger partial charge in [0.25, 0.3) is 0 Å². The molecule has 1 aliphatic carbocycles. The first-order valence-electron chi connectivity index (χ1n) is 6.53. The molecule has 0 bridgehead atoms. The molecule has 0 aliphatic heterocycles. The molecule has 0 spiro atoms. The van der Waals surface area contributed by atoms with Gasteiger partial charge in [0.1, 0.15) is 0 Å². The van der Waals surface area contributed by atoms with E-state index in [1.807, 2.05) is 0 Å². The van der Waals surface area contributed by atoms with Gasteiger partial charge in [0.05, 0.1) is 5.69 Å². The fraction of sp³-hybridized carbons (Fsp3) is 0.188. The van der Waals surface area contributed by atoms with E-state index in [0.29, 0.717) is 6.42 Å². The van der Waals surface area contributed by atoms with Crippen molar-refractivity contribution in [1.82, 2.24) is 4.98 Å². The number of nitrogens with one attached hydrogen (secondary N) is 1. The van der Waals surface area contributed by atoms with Crippen LogP contribution in [0.4, 0.5) is 0 Å². The van der Waals surface area contributed by atoms with Crippen molar-refractivity contribution in [2.75, 3.05) is 0 Å². The average molecular weight is 267 g/mol. The van der Waals surface area contributed by atoms with Crippen LogP contribution < -0.4 is 0 Å². The van der Waals surface area contributed by atoms with Crippen molar-refractivity contribution in [3.63, 3.8) is 0 Å². The number of ketones is 1. The zero-order chi connectivity index (χ0) is 12.8. The standard InChI is InChI=1S/C16H13NOS/c18-15-3-1-2-12-13-8-10(11-6-7-19-9-11)4-5-14(13)17-16(12)15/h4-9,17H,1-3H2. The van der Waals surface area contributed by atoms with E-state index in [1.165, 1.54) is 22.1 Å². The average Bonchev–Trinajstić information content (AvgIpc) is 3.05. The highest BCUT2D eigenvalue weighted by Gasteiger charge is 2.21. The summed E-state index contributed by atoms with van der Waals surface area (Å²) in [5, 5.41) is 5.47. The number of hydrogen-bond acceptors (Lipinski definition) is 2. The van der Waals surface area contributed by atoms with Crippen LogP contribution in [0.3, 0.4) is 0 Å². The molecular formula is C16H13NOS. The maximum absolute atomic E-state index is 11.9. The number of aryl methyl sites for hydroxylation is 1. The van der Waals surface area contributed by atoms with Crippen molar-refractivity contribution in [1.29, 1.82) is 0 Å². The van der Waals surface area contributed by atoms with E-state index in [-0.39, 0.29) is 5.78 Å². The number of carbonyl (C=O) groups is 1. The van der Waals surface area contributed by atoms with E-state index in [2.05, 4.69) is 40.0 Å². The molecule has 3 heteroatoms. The summed E-state index contributed by atoms with van der Waals surface area (Å²) in [5.74, 6) is 0.259. The van der Waals surface area contributed by atoms with Gasteiger partial charge in [0.15, 0.2) is 5.78 Å². The second-order valence-corrected chi connectivity index (χ2v) is 5.81. The van der Waals surface area contributed by atoms with Gasteiger partial charge < -0.3 is 4.98 Å². The van der Waals surface area contributed by atoms with Crippen molar-refractivity contribution in [2.45, 2.75) is 19.3 Å². The lowest BCUT2D eigenvalue weighted by molar-refractivity contribution is 0.0968. The van der Waals surface area contributed by atoms with Crippen molar-refractivity contribution in [3.8, 4) is 11.1 Å². The Labute approximate surface area is 115 Å². The third-order valence-corrected chi connectivity index (χ3v) is 4.55. The summed E-state index contributed by atoms with van der Waals surface area (Å²) in [6.45, 7) is 0. The smallest absolute Gasteiger partial charge is 0.179 e. The molecule has 0 fully saturated rings. The highest BCUT2D eigenvalue weighted by molar-refractivity contribution is 7.08. The topological polar surface area (TPSA) is 32.9 Å². The highest BCUT2D eigenvalue weighted by atomic mass is 32.1. The van der Waals surface area contributed by atoms with Gasteiger partial charge in [0.2, 0.25) is 0 Å². The largest absolute Gasteiger partial charge is 0.352 e. The van der Waals surface area contributed by atoms with E-state index < -0.39 is 0 Å². The molecule has 3 aromatic rings. The van der Waals surface area contributed by atoms with E-state index in [0.717, 1.165) is 24.1 Å². The summed E-state index contributed by atoms with van der Waals surface area (Å²) in [6.07, 6.45) is 2.66. The van der Waals surface area contributed by atoms with E-state index in [9.17, 15) is 4.79 Å². The maximum atomic E-state index is 11.9. The third-order valence-electron chi connectivity index (χ3n) is 3.87. The Morgan fingerprint density at radius 2 is 2.05 bits per heavy atom. The molecular weight excluding hydrogens is 254 g/mol. The summed E-state index contributed by atoms with van der Waals surface area (Å²) in [5.41, 5.74) is 5.61. The minimum Gasteiger partial charge on any atom is -0.352 e. The van der Waals surface area contributed by atoms with Gasteiger partial charge >= 0.3 is 0 Å². The van der Waals surface area contributed by atoms with Crippen LogP contribution in [-0.4, -0.2) is 10.8 Å². The first-order chi connectivity index (χ1) is 9.33. The van der Waals surface area contributed by atoms with Crippen LogP contribution in [-0.2, 0) is 6.42 Å². The molecule has 0 amide bonds. The van der Waals surface area contributed by atoms with Gasteiger partial charge in [-0.1, -0.05) is 6.07 Å². The molecule has 0 atom stereocenters. The molecule has 1 aromatic carbocycles. The predicted molar refractivity (Wildman–Crippen MR) is 78.9 cm³/mol. The Kier molecular flexibility index (Phi) is 2.35. The van der Waals surface area contributed by atoms with Crippen molar-refractivity contribution >= 4 is 28.0 Å². The SMILES string of the molecule is O=C1CCCc2c1[nH]c1ccc(-c3ccsc3)cc21. The van der Waals surface area contributed by atoms with E-state index in [4.69, 9.17) is 0 Å². The van der Waals surface area contributed by atoms with Crippen LogP contribution in [0.25, 0.3) is 22.0 Å². The van der Waals surface area contributed by atoms with Gasteiger partial charge in [-0.15, -0.1) is 0 Å². The zero-order valence-corrected chi connectivity index (χ0v) is 11.2. The van der Waals surface area contributed by atoms with Gasteiger partial charge in [0, 0.05) is 17.3 Å². The lowest BCUT2D eigenvalue weighted by Gasteiger charge is -2.09. The number of aromatic amines is 1. The number of aromatic nitrogens is 1. The number of thiophene rings is 1. The molecule has 4 rings (SSSR count). The number of benzene rings is 1. The summed E-state index contributed by atoms with van der Waals surface area (Å²) in [7, 11) is 0. The minimum atomic E-state index is 0.259. The number of fused-ring (bicyclic) bond motifs is 3. The summed E-state index contributed by atoms with van der Waals surface area (Å²) < 4.78 is 0. The Hall–Kier alpha value is -1.87. The van der Waals surface area contributed by atoms with Gasteiger partial charge in [-0.05, 0) is 58.5 Å². The molecule has 2 heterocycles. The molecule has 0 saturated carbocycles. The minimum absolute atomic E-state index is 0.259. The van der Waals surface area contributed by atoms with E-state index in [1.54, 1.807) is 11.3 Å². The third kappa shape index (κ3) is 1.65. The lowest BCUT2D eigenvalue weighted by atomic mass is 9.94. The highest BCUT2D eigenvalue weighted by Crippen LogP contribution is 2.32. The fourth-order valence-corrected chi connectivity index (χ4v) is 3.57. The Morgan fingerprint density at radius 3 is 2.89 bits per heavy atom. The Morgan fingerprint density at radius 1 is 1.11 bits per heavy atom. The molecule has 1 N–H and O–H groups in total. The monoisotopic (exact) mass is 267 g/mol. The quantitative estimate of drug-likeness (QED) is 0.695. The van der Waals surface area contributed by atoms with Crippen LogP contribution in [0.15, 0.2) is 35.0 Å². The van der Waals surface area contributed by atoms with E-state index >= 15 is 0 Å². The number of hydrogen-bond donors (Lipinski definition) is 1. The Bertz CT molecular complexity index is 768. The second-order valence-electron chi connectivity index (χ2n) is 5.03. The van der Waals surface area contributed by atoms with Gasteiger partial charge in [-0.2, -0.15) is 11.3 Å². The number of rotatable bonds is 1. The van der Waals surface area contributed by atoms with Crippen LogP contribution in [0.5, 0.6) is 0 Å². The number of carbonyl (C=O) groups excluding carboxylic acids is 1. The van der Waals surface area contributed by atoms with Gasteiger partial charge in [-0.25, -0.2) is 0 Å². The Balaban J connectivity index is 1.96. The molecule has 0 unspecified atom stereocenters. The fourth-order valence-electron chi connectivity index (χ4n) is 2.90. The molecule has 0 radical (unpaired) electrons. The van der Waals surface area contributed by atoms with Crippen LogP contribution in [0.1, 0.15) is 28.9 Å². The summed E-state index contributed by atoms with van der Waals surface area (Å²) in [4.78, 5) is 15.2. The normalized spacial score (nSPS) is 14.8. The molecule has 19 heavy (non-hydrogen) atoms. The summed E-state index contributed by atoms with van der Waals surface area (Å²) in [6, 6.07) is 8.56. The molecule has 2 aromatic heterocycles.